The van der Waals surface area contributed by atoms with Gasteiger partial charge in [0, 0.05) is 36.6 Å². The Hall–Kier alpha value is -5.11. The molecule has 3 atom stereocenters. The number of rotatable bonds is 20. The van der Waals surface area contributed by atoms with E-state index in [9.17, 15) is 14.4 Å². The first-order valence-electron chi connectivity index (χ1n) is 18.5. The average molecular weight is 783 g/mol. The molecule has 4 amide bonds. The Morgan fingerprint density at radius 3 is 1.93 bits per heavy atom. The predicted octanol–water partition coefficient (Wildman–Crippen LogP) is 7.50. The Bertz CT molecular complexity index is 1880. The van der Waals surface area contributed by atoms with Gasteiger partial charge in [-0.15, -0.1) is 22.7 Å². The lowest BCUT2D eigenvalue weighted by atomic mass is 9.96. The van der Waals surface area contributed by atoms with E-state index in [1.54, 1.807) is 30.1 Å². The lowest BCUT2D eigenvalue weighted by molar-refractivity contribution is -0.125. The van der Waals surface area contributed by atoms with Crippen molar-refractivity contribution in [2.45, 2.75) is 83.3 Å². The minimum atomic E-state index is -0.974. The third kappa shape index (κ3) is 14.2. The van der Waals surface area contributed by atoms with Gasteiger partial charge in [-0.2, -0.15) is 0 Å². The number of amides is 4. The lowest BCUT2D eigenvalue weighted by Crippen LogP contribution is -2.54. The summed E-state index contributed by atoms with van der Waals surface area (Å²) in [6, 6.07) is 27.6. The molecule has 2 aromatic heterocycles. The number of hydrogen-bond acceptors (Lipinski definition) is 9. The Morgan fingerprint density at radius 2 is 1.36 bits per heavy atom. The molecular weight excluding hydrogens is 733 g/mol. The minimum absolute atomic E-state index is 0.0314. The summed E-state index contributed by atoms with van der Waals surface area (Å²) in [7, 11) is 1.68. The minimum Gasteiger partial charge on any atom is -0.444 e. The van der Waals surface area contributed by atoms with E-state index in [1.165, 1.54) is 16.2 Å². The molecule has 13 heteroatoms. The molecule has 0 saturated heterocycles. The van der Waals surface area contributed by atoms with Crippen molar-refractivity contribution in [3.8, 4) is 0 Å². The molecule has 0 radical (unpaired) electrons. The van der Waals surface area contributed by atoms with E-state index in [0.717, 1.165) is 32.3 Å². The molecule has 0 aliphatic carbocycles. The van der Waals surface area contributed by atoms with Crippen LogP contribution in [0.3, 0.4) is 0 Å². The molecule has 5 rings (SSSR count). The number of carbonyl (C=O) groups is 3. The molecule has 290 valence electrons. The molecule has 0 aliphatic rings. The van der Waals surface area contributed by atoms with Gasteiger partial charge < -0.3 is 30.3 Å². The number of nitrogens with zero attached hydrogens (tertiary/aromatic N) is 3. The van der Waals surface area contributed by atoms with E-state index in [1.807, 2.05) is 96.4 Å². The maximum absolute atomic E-state index is 14.2. The summed E-state index contributed by atoms with van der Waals surface area (Å²) in [6.07, 6.45) is 3.39. The molecule has 0 spiro atoms. The van der Waals surface area contributed by atoms with Gasteiger partial charge in [0.2, 0.25) is 5.91 Å². The Labute approximate surface area is 331 Å². The second-order valence-electron chi connectivity index (χ2n) is 13.7. The molecule has 0 unspecified atom stereocenters. The van der Waals surface area contributed by atoms with Crippen molar-refractivity contribution in [3.05, 3.63) is 140 Å². The van der Waals surface area contributed by atoms with Crippen molar-refractivity contribution in [2.24, 2.45) is 0 Å². The Kier molecular flexibility index (Phi) is 16.2. The molecule has 0 aliphatic heterocycles. The molecule has 0 saturated carbocycles. The van der Waals surface area contributed by atoms with E-state index >= 15 is 0 Å². The highest BCUT2D eigenvalue weighted by Gasteiger charge is 2.27. The van der Waals surface area contributed by atoms with Gasteiger partial charge in [0.15, 0.2) is 0 Å². The summed E-state index contributed by atoms with van der Waals surface area (Å²) in [5.74, 6) is -0.0630. The van der Waals surface area contributed by atoms with Crippen LogP contribution in [0.4, 0.5) is 9.59 Å². The summed E-state index contributed by atoms with van der Waals surface area (Å²) in [5, 5.41) is 12.2. The monoisotopic (exact) mass is 782 g/mol. The van der Waals surface area contributed by atoms with E-state index < -0.39 is 18.2 Å². The second kappa shape index (κ2) is 21.7. The number of benzene rings is 3. The normalized spacial score (nSPS) is 12.7. The first kappa shape index (κ1) is 41.1. The van der Waals surface area contributed by atoms with Gasteiger partial charge in [-0.1, -0.05) is 105 Å². The summed E-state index contributed by atoms with van der Waals surface area (Å²) < 4.78 is 11.5. The number of carbonyl (C=O) groups excluding carboxylic acids is 3. The van der Waals surface area contributed by atoms with Crippen molar-refractivity contribution in [1.82, 2.24) is 30.8 Å². The van der Waals surface area contributed by atoms with Crippen LogP contribution in [0.2, 0.25) is 0 Å². The van der Waals surface area contributed by atoms with Gasteiger partial charge in [-0.25, -0.2) is 14.6 Å². The molecule has 0 fully saturated rings. The van der Waals surface area contributed by atoms with Crippen LogP contribution in [-0.2, 0) is 46.9 Å². The van der Waals surface area contributed by atoms with Crippen LogP contribution in [-0.4, -0.2) is 64.7 Å². The van der Waals surface area contributed by atoms with Gasteiger partial charge >= 0.3 is 12.1 Å². The molecule has 2 heterocycles. The predicted molar refractivity (Wildman–Crippen MR) is 217 cm³/mol. The van der Waals surface area contributed by atoms with Crippen LogP contribution in [0, 0.1) is 0 Å². The number of alkyl carbamates (subject to hydrolysis) is 1. The number of thiazole rings is 2. The largest absolute Gasteiger partial charge is 0.444 e. The molecule has 5 aromatic rings. The van der Waals surface area contributed by atoms with E-state index in [4.69, 9.17) is 9.47 Å². The fourth-order valence-corrected chi connectivity index (χ4v) is 7.23. The molecule has 55 heavy (non-hydrogen) atoms. The highest BCUT2D eigenvalue weighted by atomic mass is 32.1. The maximum Gasteiger partial charge on any atom is 0.407 e. The first-order chi connectivity index (χ1) is 26.7. The van der Waals surface area contributed by atoms with Crippen LogP contribution >= 0.6 is 22.7 Å². The SMILES string of the molecule is CC(C)c1nc(CN(C)C(=O)N[C@@H](COCc2ccccc2)C(=O)N[C@H](CC[C@H](Cc2ccccc2)NC(=O)OCc2cncs2)Cc2ccccc2)cs1. The van der Waals surface area contributed by atoms with Gasteiger partial charge in [0.05, 0.1) is 40.8 Å². The quantitative estimate of drug-likeness (QED) is 0.0745. The van der Waals surface area contributed by atoms with E-state index in [-0.39, 0.29) is 37.8 Å². The standard InChI is InChI=1S/C42H50N6O5S2/c1-30(2)40-45-36(28-54-40)24-48(3)41(50)47-38(27-52-25-33-17-11-6-12-18-33)39(49)44-34(21-31-13-7-4-8-14-31)19-20-35(22-32-15-9-5-10-16-32)46-42(51)53-26-37-23-43-29-55-37/h4-18,23,28-30,34-35,38H,19-22,24-27H2,1-3H3,(H,44,49)(H,46,51)(H,47,50)/t34-,35-,38+/m1/s1. The van der Waals surface area contributed by atoms with Crippen LogP contribution in [0.5, 0.6) is 0 Å². The number of urea groups is 1. The molecule has 3 N–H and O–H groups in total. The molecule has 0 bridgehead atoms. The highest BCUT2D eigenvalue weighted by Crippen LogP contribution is 2.20. The van der Waals surface area contributed by atoms with Gasteiger partial charge in [-0.3, -0.25) is 9.78 Å². The van der Waals surface area contributed by atoms with Gasteiger partial charge in [-0.05, 0) is 42.4 Å². The molecular formula is C42H50N6O5S2. The van der Waals surface area contributed by atoms with Gasteiger partial charge in [0.25, 0.3) is 0 Å². The fraction of sp³-hybridized carbons (Fsp3) is 0.357. The number of nitrogens with one attached hydrogen (secondary N) is 3. The van der Waals surface area contributed by atoms with Crippen LogP contribution < -0.4 is 16.0 Å². The third-order valence-corrected chi connectivity index (χ3v) is 10.8. The average Bonchev–Trinajstić information content (AvgIpc) is 3.90. The topological polar surface area (TPSA) is 135 Å². The third-order valence-electron chi connectivity index (χ3n) is 8.83. The summed E-state index contributed by atoms with van der Waals surface area (Å²) >= 11 is 3.00. The number of ether oxygens (including phenoxy) is 2. The van der Waals surface area contributed by atoms with Crippen molar-refractivity contribution >= 4 is 40.7 Å². The zero-order chi connectivity index (χ0) is 38.8. The first-order valence-corrected chi connectivity index (χ1v) is 20.2. The van der Waals surface area contributed by atoms with Crippen molar-refractivity contribution in [2.75, 3.05) is 13.7 Å². The lowest BCUT2D eigenvalue weighted by Gasteiger charge is -2.27. The zero-order valence-electron chi connectivity index (χ0n) is 31.6. The summed E-state index contributed by atoms with van der Waals surface area (Å²) in [4.78, 5) is 51.8. The van der Waals surface area contributed by atoms with Crippen LogP contribution in [0.15, 0.2) is 108 Å². The van der Waals surface area contributed by atoms with Crippen LogP contribution in [0.1, 0.15) is 64.9 Å². The molecule has 3 aromatic carbocycles. The van der Waals surface area contributed by atoms with Crippen molar-refractivity contribution < 1.29 is 23.9 Å². The van der Waals surface area contributed by atoms with Gasteiger partial charge in [0.1, 0.15) is 12.6 Å². The highest BCUT2D eigenvalue weighted by molar-refractivity contribution is 7.09. The van der Waals surface area contributed by atoms with Crippen LogP contribution in [0.25, 0.3) is 0 Å². The Balaban J connectivity index is 1.28. The second-order valence-corrected chi connectivity index (χ2v) is 15.6. The smallest absolute Gasteiger partial charge is 0.407 e. The van der Waals surface area contributed by atoms with E-state index in [2.05, 4.69) is 39.8 Å². The van der Waals surface area contributed by atoms with Crippen molar-refractivity contribution in [1.29, 1.82) is 0 Å². The summed E-state index contributed by atoms with van der Waals surface area (Å²) in [5.41, 5.74) is 5.57. The number of hydrogen-bond donors (Lipinski definition) is 3. The van der Waals surface area contributed by atoms with E-state index in [0.29, 0.717) is 38.1 Å². The Morgan fingerprint density at radius 1 is 0.764 bits per heavy atom. The molecule has 11 nitrogen and oxygen atoms in total. The zero-order valence-corrected chi connectivity index (χ0v) is 33.2. The fourth-order valence-electron chi connectivity index (χ4n) is 5.90. The summed E-state index contributed by atoms with van der Waals surface area (Å²) in [6.45, 7) is 4.86. The maximum atomic E-state index is 14.2. The van der Waals surface area contributed by atoms with Crippen molar-refractivity contribution in [3.63, 3.8) is 0 Å². The number of aromatic nitrogens is 2.